The van der Waals surface area contributed by atoms with E-state index in [1.807, 2.05) is 60.7 Å². The van der Waals surface area contributed by atoms with E-state index >= 15 is 0 Å². The Balaban J connectivity index is 1.73. The lowest BCUT2D eigenvalue weighted by atomic mass is 10.0. The van der Waals surface area contributed by atoms with Crippen LogP contribution in [0.15, 0.2) is 89.5 Å². The second-order valence-electron chi connectivity index (χ2n) is 5.72. The average Bonchev–Trinajstić information content (AvgIpc) is 3.11. The number of benzene rings is 2. The van der Waals surface area contributed by atoms with Crippen LogP contribution in [0.2, 0.25) is 0 Å². The number of hydrogen-bond acceptors (Lipinski definition) is 3. The molecule has 0 spiro atoms. The zero-order chi connectivity index (χ0) is 17.1. The van der Waals surface area contributed by atoms with Gasteiger partial charge in [0.1, 0.15) is 23.1 Å². The minimum Gasteiger partial charge on any atom is -0.459 e. The minimum absolute atomic E-state index is 0.241. The van der Waals surface area contributed by atoms with E-state index in [2.05, 4.69) is 10.3 Å². The fraction of sp³-hybridized carbons (Fsp3) is 0.0476. The number of nitrogens with zero attached hydrogens (tertiary/aromatic N) is 1. The lowest BCUT2D eigenvalue weighted by molar-refractivity contribution is 0.0934. The lowest BCUT2D eigenvalue weighted by Crippen LogP contribution is -2.29. The first-order chi connectivity index (χ1) is 12.3. The van der Waals surface area contributed by atoms with E-state index in [0.717, 1.165) is 16.5 Å². The number of fused-ring (bicyclic) bond motifs is 1. The van der Waals surface area contributed by atoms with Gasteiger partial charge < -0.3 is 9.73 Å². The molecular weight excluding hydrogens is 312 g/mol. The maximum absolute atomic E-state index is 12.6. The molecule has 4 nitrogen and oxygen atoms in total. The molecule has 0 aliphatic carbocycles. The van der Waals surface area contributed by atoms with Crippen molar-refractivity contribution in [1.82, 2.24) is 10.3 Å². The van der Waals surface area contributed by atoms with E-state index in [9.17, 15) is 4.79 Å². The second-order valence-corrected chi connectivity index (χ2v) is 5.72. The molecule has 2 aromatic heterocycles. The van der Waals surface area contributed by atoms with Crippen LogP contribution in [-0.4, -0.2) is 10.9 Å². The van der Waals surface area contributed by atoms with E-state index in [-0.39, 0.29) is 11.9 Å². The highest BCUT2D eigenvalue weighted by molar-refractivity contribution is 5.92. The fourth-order valence-corrected chi connectivity index (χ4v) is 2.81. The summed E-state index contributed by atoms with van der Waals surface area (Å²) in [7, 11) is 0. The van der Waals surface area contributed by atoms with Gasteiger partial charge in [0.25, 0.3) is 5.91 Å². The minimum atomic E-state index is -0.386. The number of aromatic nitrogens is 1. The Hall–Kier alpha value is -3.40. The molecule has 4 heteroatoms. The molecule has 0 bridgehead atoms. The molecule has 0 radical (unpaired) electrons. The van der Waals surface area contributed by atoms with Crippen molar-refractivity contribution >= 4 is 16.9 Å². The van der Waals surface area contributed by atoms with Gasteiger partial charge in [0, 0.05) is 11.6 Å². The molecule has 4 rings (SSSR count). The molecule has 1 amide bonds. The molecule has 1 atom stereocenters. The zero-order valence-corrected chi connectivity index (χ0v) is 13.4. The molecule has 2 heterocycles. The molecule has 25 heavy (non-hydrogen) atoms. The van der Waals surface area contributed by atoms with Gasteiger partial charge in [0.15, 0.2) is 0 Å². The third-order valence-electron chi connectivity index (χ3n) is 4.03. The summed E-state index contributed by atoms with van der Waals surface area (Å²) in [5, 5.41) is 4.04. The van der Waals surface area contributed by atoms with Crippen molar-refractivity contribution in [2.45, 2.75) is 6.04 Å². The number of furan rings is 1. The molecule has 0 aliphatic heterocycles. The van der Waals surface area contributed by atoms with Crippen LogP contribution in [0.25, 0.3) is 11.0 Å². The van der Waals surface area contributed by atoms with Gasteiger partial charge in [-0.05, 0) is 29.8 Å². The third-order valence-corrected chi connectivity index (χ3v) is 4.03. The van der Waals surface area contributed by atoms with Crippen LogP contribution in [0.5, 0.6) is 0 Å². The zero-order valence-electron chi connectivity index (χ0n) is 13.4. The van der Waals surface area contributed by atoms with Gasteiger partial charge in [-0.25, -0.2) is 0 Å². The Kier molecular flexibility index (Phi) is 4.01. The van der Waals surface area contributed by atoms with Crippen molar-refractivity contribution in [2.24, 2.45) is 0 Å². The molecule has 0 saturated heterocycles. The van der Waals surface area contributed by atoms with E-state index in [0.29, 0.717) is 11.5 Å². The second kappa shape index (κ2) is 6.61. The lowest BCUT2D eigenvalue weighted by Gasteiger charge is -2.17. The van der Waals surface area contributed by atoms with Crippen LogP contribution < -0.4 is 5.32 Å². The van der Waals surface area contributed by atoms with Crippen molar-refractivity contribution in [2.75, 3.05) is 0 Å². The van der Waals surface area contributed by atoms with Crippen LogP contribution in [0, 0.1) is 0 Å². The normalized spacial score (nSPS) is 12.0. The average molecular weight is 328 g/mol. The Morgan fingerprint density at radius 2 is 1.68 bits per heavy atom. The number of amides is 1. The van der Waals surface area contributed by atoms with E-state index in [1.165, 1.54) is 0 Å². The van der Waals surface area contributed by atoms with Gasteiger partial charge in [-0.1, -0.05) is 54.6 Å². The third kappa shape index (κ3) is 3.15. The highest BCUT2D eigenvalue weighted by atomic mass is 16.3. The van der Waals surface area contributed by atoms with Crippen molar-refractivity contribution in [3.8, 4) is 0 Å². The molecular formula is C21H16N2O2. The first-order valence-electron chi connectivity index (χ1n) is 8.06. The Morgan fingerprint density at radius 1 is 0.920 bits per heavy atom. The first-order valence-corrected chi connectivity index (χ1v) is 8.06. The van der Waals surface area contributed by atoms with Gasteiger partial charge >= 0.3 is 0 Å². The van der Waals surface area contributed by atoms with Crippen molar-refractivity contribution in [3.63, 3.8) is 0 Å². The maximum Gasteiger partial charge on any atom is 0.270 e. The molecule has 0 saturated carbocycles. The van der Waals surface area contributed by atoms with Crippen molar-refractivity contribution < 1.29 is 9.21 Å². The van der Waals surface area contributed by atoms with Crippen LogP contribution in [0.1, 0.15) is 27.9 Å². The molecule has 2 aromatic carbocycles. The molecule has 1 N–H and O–H groups in total. The van der Waals surface area contributed by atoms with Crippen molar-refractivity contribution in [1.29, 1.82) is 0 Å². The summed E-state index contributed by atoms with van der Waals surface area (Å²) in [6.45, 7) is 0. The highest BCUT2D eigenvalue weighted by Gasteiger charge is 2.21. The topological polar surface area (TPSA) is 55.1 Å². The summed E-state index contributed by atoms with van der Waals surface area (Å²) < 4.78 is 5.99. The van der Waals surface area contributed by atoms with Gasteiger partial charge in [0.2, 0.25) is 0 Å². The summed E-state index contributed by atoms with van der Waals surface area (Å²) >= 11 is 0. The predicted octanol–water partition coefficient (Wildman–Crippen LogP) is 4.35. The molecule has 0 unspecified atom stereocenters. The van der Waals surface area contributed by atoms with E-state index in [1.54, 1.807) is 24.4 Å². The Bertz CT molecular complexity index is 961. The number of pyridine rings is 1. The van der Waals surface area contributed by atoms with Gasteiger partial charge in [0.05, 0.1) is 0 Å². The molecule has 0 fully saturated rings. The number of para-hydroxylation sites is 1. The summed E-state index contributed by atoms with van der Waals surface area (Å²) in [6.07, 6.45) is 1.60. The number of carbonyl (C=O) groups is 1. The number of nitrogens with one attached hydrogen (secondary N) is 1. The van der Waals surface area contributed by atoms with Crippen LogP contribution in [0.3, 0.4) is 0 Å². The van der Waals surface area contributed by atoms with Crippen molar-refractivity contribution in [3.05, 3.63) is 102 Å². The largest absolute Gasteiger partial charge is 0.459 e. The Morgan fingerprint density at radius 3 is 2.44 bits per heavy atom. The molecule has 122 valence electrons. The quantitative estimate of drug-likeness (QED) is 0.606. The van der Waals surface area contributed by atoms with Crippen LogP contribution in [-0.2, 0) is 0 Å². The molecule has 4 aromatic rings. The number of rotatable bonds is 4. The smallest absolute Gasteiger partial charge is 0.270 e. The predicted molar refractivity (Wildman–Crippen MR) is 96.2 cm³/mol. The van der Waals surface area contributed by atoms with Gasteiger partial charge in [-0.3, -0.25) is 9.78 Å². The highest BCUT2D eigenvalue weighted by Crippen LogP contribution is 2.28. The number of carbonyl (C=O) groups excluding carboxylic acids is 1. The summed E-state index contributed by atoms with van der Waals surface area (Å²) in [5.74, 6) is 0.451. The Labute approximate surface area is 145 Å². The number of hydrogen-bond donors (Lipinski definition) is 1. The fourth-order valence-electron chi connectivity index (χ4n) is 2.81. The maximum atomic E-state index is 12.6. The SMILES string of the molecule is O=C(N[C@H](c1ccccc1)c1cc2ccccc2o1)c1ccccn1. The van der Waals surface area contributed by atoms with Crippen LogP contribution in [0.4, 0.5) is 0 Å². The summed E-state index contributed by atoms with van der Waals surface area (Å²) in [6, 6.07) is 24.4. The van der Waals surface area contributed by atoms with Gasteiger partial charge in [-0.2, -0.15) is 0 Å². The molecule has 0 aliphatic rings. The monoisotopic (exact) mass is 328 g/mol. The first kappa shape index (κ1) is 15.1. The van der Waals surface area contributed by atoms with E-state index < -0.39 is 0 Å². The summed E-state index contributed by atoms with van der Waals surface area (Å²) in [5.41, 5.74) is 2.12. The van der Waals surface area contributed by atoms with Gasteiger partial charge in [-0.15, -0.1) is 0 Å². The summed E-state index contributed by atoms with van der Waals surface area (Å²) in [4.78, 5) is 16.7. The standard InChI is InChI=1S/C21H16N2O2/c24-21(17-11-6-7-13-22-17)23-20(15-8-2-1-3-9-15)19-14-16-10-4-5-12-18(16)25-19/h1-14,20H,(H,23,24)/t20-/m1/s1. The van der Waals surface area contributed by atoms with E-state index in [4.69, 9.17) is 4.42 Å². The van der Waals surface area contributed by atoms with Crippen LogP contribution >= 0.6 is 0 Å².